The molecule has 0 aliphatic rings. The highest BCUT2D eigenvalue weighted by atomic mass is 32.1. The van der Waals surface area contributed by atoms with Crippen molar-refractivity contribution in [2.45, 2.75) is 25.7 Å². The molecule has 0 aromatic carbocycles. The zero-order valence-electron chi connectivity index (χ0n) is 11.8. The smallest absolute Gasteiger partial charge is 0.313 e. The molecule has 9 nitrogen and oxygen atoms in total. The maximum atomic E-state index is 9.29. The first-order valence-corrected chi connectivity index (χ1v) is 7.42. The Balaban J connectivity index is -0.0000000995. The average Bonchev–Trinajstić information content (AvgIpc) is 2.39. The van der Waals surface area contributed by atoms with E-state index in [0.717, 1.165) is 0 Å². The van der Waals surface area contributed by atoms with E-state index in [1.807, 2.05) is 0 Å². The Morgan fingerprint density at radius 3 is 0.955 bits per heavy atom. The molecular formula is C10H22O9S3. The Morgan fingerprint density at radius 2 is 0.955 bits per heavy atom. The van der Waals surface area contributed by atoms with Gasteiger partial charge in [0.15, 0.2) is 0 Å². The van der Waals surface area contributed by atoms with Crippen LogP contribution in [0, 0.1) is 0 Å². The lowest BCUT2D eigenvalue weighted by molar-refractivity contribution is -0.314. The van der Waals surface area contributed by atoms with Crippen LogP contribution in [0.2, 0.25) is 0 Å². The summed E-state index contributed by atoms with van der Waals surface area (Å²) < 4.78 is 0. The minimum Gasteiger partial charge on any atom is -0.481 e. The third kappa shape index (κ3) is 74.6. The molecule has 0 aromatic rings. The number of thiol groups is 3. The van der Waals surface area contributed by atoms with Crippen LogP contribution >= 0.6 is 37.9 Å². The van der Waals surface area contributed by atoms with Crippen molar-refractivity contribution < 1.29 is 45.0 Å². The summed E-state index contributed by atoms with van der Waals surface area (Å²) in [5.74, 6) is -5.34. The van der Waals surface area contributed by atoms with Crippen molar-refractivity contribution in [3.05, 3.63) is 0 Å². The standard InChI is InChI=1S/C4H10O3.3C2H4O2S/c1-2-3-4(5,6)7;3*3-2(4)1-5/h5-7H,2-3H2,1H3;3*5H,1H2,(H,3,4). The second-order valence-corrected chi connectivity index (χ2v) is 4.13. The van der Waals surface area contributed by atoms with Gasteiger partial charge >= 0.3 is 17.9 Å². The van der Waals surface area contributed by atoms with E-state index in [9.17, 15) is 14.4 Å². The zero-order chi connectivity index (χ0) is 18.8. The second-order valence-electron chi connectivity index (χ2n) is 3.18. The molecule has 0 aromatic heterocycles. The minimum atomic E-state index is -2.45. The van der Waals surface area contributed by atoms with E-state index < -0.39 is 23.9 Å². The monoisotopic (exact) mass is 382 g/mol. The fourth-order valence-corrected chi connectivity index (χ4v) is 0.335. The molecule has 0 aliphatic carbocycles. The Hall–Kier alpha value is -0.660. The topological polar surface area (TPSA) is 173 Å². The zero-order valence-corrected chi connectivity index (χ0v) is 14.5. The van der Waals surface area contributed by atoms with Crippen LogP contribution in [-0.2, 0) is 14.4 Å². The lowest BCUT2D eigenvalue weighted by atomic mass is 10.3. The molecule has 6 N–H and O–H groups in total. The molecule has 0 atom stereocenters. The van der Waals surface area contributed by atoms with Gasteiger partial charge < -0.3 is 30.6 Å². The lowest BCUT2D eigenvalue weighted by Gasteiger charge is -2.10. The number of aliphatic hydroxyl groups is 3. The molecule has 134 valence electrons. The van der Waals surface area contributed by atoms with Crippen LogP contribution in [0.15, 0.2) is 0 Å². The number of rotatable bonds is 5. The SMILES string of the molecule is CCCC(O)(O)O.O=C(O)CS.O=C(O)CS.O=C(O)CS. The van der Waals surface area contributed by atoms with Crippen molar-refractivity contribution in [2.24, 2.45) is 0 Å². The van der Waals surface area contributed by atoms with E-state index in [4.69, 9.17) is 30.6 Å². The largest absolute Gasteiger partial charge is 0.481 e. The normalized spacial score (nSPS) is 8.86. The van der Waals surface area contributed by atoms with Gasteiger partial charge in [-0.3, -0.25) is 14.4 Å². The highest BCUT2D eigenvalue weighted by Crippen LogP contribution is 2.01. The molecule has 0 bridgehead atoms. The Kier molecular flexibility index (Phi) is 27.1. The summed E-state index contributed by atoms with van der Waals surface area (Å²) in [4.78, 5) is 27.9. The molecule has 0 aliphatic heterocycles. The van der Waals surface area contributed by atoms with Gasteiger partial charge in [0.05, 0.1) is 17.3 Å². The van der Waals surface area contributed by atoms with E-state index in [1.165, 1.54) is 0 Å². The average molecular weight is 382 g/mol. The Labute approximate surface area is 144 Å². The molecule has 0 radical (unpaired) electrons. The third-order valence-electron chi connectivity index (χ3n) is 0.991. The maximum Gasteiger partial charge on any atom is 0.313 e. The van der Waals surface area contributed by atoms with Crippen molar-refractivity contribution >= 4 is 55.8 Å². The third-order valence-corrected chi connectivity index (χ3v) is 1.80. The van der Waals surface area contributed by atoms with Crippen LogP contribution < -0.4 is 0 Å². The first-order valence-electron chi connectivity index (χ1n) is 5.52. The molecule has 22 heavy (non-hydrogen) atoms. The van der Waals surface area contributed by atoms with Crippen LogP contribution in [0.5, 0.6) is 0 Å². The van der Waals surface area contributed by atoms with Gasteiger partial charge in [0.2, 0.25) is 0 Å². The number of hydrogen-bond acceptors (Lipinski definition) is 9. The van der Waals surface area contributed by atoms with Crippen LogP contribution in [0.3, 0.4) is 0 Å². The molecule has 0 heterocycles. The summed E-state index contributed by atoms with van der Waals surface area (Å²) in [6.45, 7) is 1.75. The van der Waals surface area contributed by atoms with Gasteiger partial charge in [-0.1, -0.05) is 6.92 Å². The number of carboxylic acid groups (broad SMARTS) is 3. The quantitative estimate of drug-likeness (QED) is 0.223. The predicted octanol–water partition coefficient (Wildman–Crippen LogP) is -0.580. The van der Waals surface area contributed by atoms with Gasteiger partial charge in [0.25, 0.3) is 5.97 Å². The van der Waals surface area contributed by atoms with Gasteiger partial charge in [-0.25, -0.2) is 0 Å². The van der Waals surface area contributed by atoms with Crippen molar-refractivity contribution in [2.75, 3.05) is 17.3 Å². The summed E-state index contributed by atoms with van der Waals surface area (Å²) in [7, 11) is 0. The summed E-state index contributed by atoms with van der Waals surface area (Å²) in [5, 5.41) is 47.3. The molecule has 0 saturated carbocycles. The predicted molar refractivity (Wildman–Crippen MR) is 88.8 cm³/mol. The Bertz CT molecular complexity index is 259. The molecule has 0 fully saturated rings. The van der Waals surface area contributed by atoms with Crippen molar-refractivity contribution in [1.82, 2.24) is 0 Å². The van der Waals surface area contributed by atoms with Gasteiger partial charge in [-0.05, 0) is 6.42 Å². The van der Waals surface area contributed by atoms with Gasteiger partial charge in [0.1, 0.15) is 0 Å². The van der Waals surface area contributed by atoms with Crippen molar-refractivity contribution in [3.8, 4) is 0 Å². The Morgan fingerprint density at radius 1 is 0.773 bits per heavy atom. The fourth-order valence-electron chi connectivity index (χ4n) is 0.335. The molecular weight excluding hydrogens is 360 g/mol. The van der Waals surface area contributed by atoms with Crippen molar-refractivity contribution in [1.29, 1.82) is 0 Å². The van der Waals surface area contributed by atoms with E-state index in [2.05, 4.69) is 37.9 Å². The first kappa shape index (κ1) is 29.4. The fraction of sp³-hybridized carbons (Fsp3) is 0.700. The van der Waals surface area contributed by atoms with E-state index in [0.29, 0.717) is 6.42 Å². The molecule has 0 rings (SSSR count). The summed E-state index contributed by atoms with van der Waals surface area (Å²) in [5.41, 5.74) is 0. The van der Waals surface area contributed by atoms with Crippen LogP contribution in [0.25, 0.3) is 0 Å². The number of hydrogen-bond donors (Lipinski definition) is 9. The summed E-state index contributed by atoms with van der Waals surface area (Å²) in [6.07, 6.45) is 0.566. The summed E-state index contributed by atoms with van der Waals surface area (Å²) >= 11 is 10.2. The maximum absolute atomic E-state index is 9.29. The second kappa shape index (κ2) is 20.3. The molecule has 0 amide bonds. The first-order chi connectivity index (χ1) is 9.87. The van der Waals surface area contributed by atoms with E-state index >= 15 is 0 Å². The number of carbonyl (C=O) groups is 3. The number of carboxylic acids is 3. The van der Waals surface area contributed by atoms with Gasteiger partial charge in [-0.2, -0.15) is 37.9 Å². The molecule has 0 saturated heterocycles. The van der Waals surface area contributed by atoms with Crippen LogP contribution in [0.4, 0.5) is 0 Å². The van der Waals surface area contributed by atoms with E-state index in [-0.39, 0.29) is 23.7 Å². The van der Waals surface area contributed by atoms with Gasteiger partial charge in [0, 0.05) is 6.42 Å². The van der Waals surface area contributed by atoms with E-state index in [1.54, 1.807) is 6.92 Å². The number of aliphatic carboxylic acids is 3. The van der Waals surface area contributed by atoms with Crippen molar-refractivity contribution in [3.63, 3.8) is 0 Å². The molecule has 0 spiro atoms. The van der Waals surface area contributed by atoms with Gasteiger partial charge in [-0.15, -0.1) is 0 Å². The van der Waals surface area contributed by atoms with Crippen LogP contribution in [-0.4, -0.2) is 71.8 Å². The molecule has 0 unspecified atom stereocenters. The summed E-state index contributed by atoms with van der Waals surface area (Å²) in [6, 6.07) is 0. The van der Waals surface area contributed by atoms with Crippen LogP contribution in [0.1, 0.15) is 19.8 Å². The lowest BCUT2D eigenvalue weighted by Crippen LogP contribution is -2.26. The highest BCUT2D eigenvalue weighted by molar-refractivity contribution is 7.81. The highest BCUT2D eigenvalue weighted by Gasteiger charge is 2.14. The molecule has 12 heteroatoms. The minimum absolute atomic E-state index is 0.00694.